The number of hydrogen-bond donors (Lipinski definition) is 0. The molecule has 0 aromatic heterocycles. The fourth-order valence-corrected chi connectivity index (χ4v) is 3.24. The van der Waals surface area contributed by atoms with Gasteiger partial charge in [0.2, 0.25) is 11.8 Å². The molecule has 5 heteroatoms. The van der Waals surface area contributed by atoms with E-state index in [-0.39, 0.29) is 28.9 Å². The van der Waals surface area contributed by atoms with Gasteiger partial charge in [-0.15, -0.1) is 0 Å². The summed E-state index contributed by atoms with van der Waals surface area (Å²) >= 11 is 0. The summed E-state index contributed by atoms with van der Waals surface area (Å²) in [5, 5.41) is 0. The summed E-state index contributed by atoms with van der Waals surface area (Å²) in [4.78, 5) is 27.1. The molecule has 4 rings (SSSR count). The second-order valence-electron chi connectivity index (χ2n) is 6.35. The fourth-order valence-electron chi connectivity index (χ4n) is 3.24. The summed E-state index contributed by atoms with van der Waals surface area (Å²) in [5.41, 5.74) is 0. The molecule has 132 valence electrons. The molecule has 0 unspecified atom stereocenters. The normalized spacial score (nSPS) is 24.2. The minimum Gasteiger partial charge on any atom is -0.342 e. The molecule has 0 N–H and O–H groups in total. The van der Waals surface area contributed by atoms with Crippen LogP contribution in [0.15, 0.2) is 0 Å². The Bertz CT molecular complexity index is 343. The Morgan fingerprint density at radius 1 is 0.600 bits per heavy atom. The van der Waals surface area contributed by atoms with Gasteiger partial charge in [-0.2, -0.15) is 0 Å². The minimum absolute atomic E-state index is 0. The van der Waals surface area contributed by atoms with Crippen LogP contribution >= 0.6 is 0 Å². The molecular weight excluding hydrogens is 356 g/mol. The van der Waals surface area contributed by atoms with E-state index in [0.29, 0.717) is 0 Å². The summed E-state index contributed by atoms with van der Waals surface area (Å²) in [6.07, 6.45) is 19.8. The zero-order valence-electron chi connectivity index (χ0n) is 14.3. The maximum absolute atomic E-state index is 11.6. The Hall–Kier alpha value is -0.541. The number of amides is 2. The average molecular weight is 380 g/mol. The Morgan fingerprint density at radius 3 is 1.16 bits per heavy atom. The average Bonchev–Trinajstić information content (AvgIpc) is 3.43. The van der Waals surface area contributed by atoms with E-state index in [9.17, 15) is 9.59 Å². The smallest absolute Gasteiger partial charge is 0.342 e. The van der Waals surface area contributed by atoms with Crippen LogP contribution in [0.2, 0.25) is 0 Å². The van der Waals surface area contributed by atoms with Gasteiger partial charge in [0.05, 0.1) is 11.8 Å². The molecule has 2 aliphatic carbocycles. The molecule has 4 aliphatic rings. The van der Waals surface area contributed by atoms with E-state index in [1.165, 1.54) is 0 Å². The molecule has 10 radical (unpaired) electrons. The zero-order chi connectivity index (χ0) is 16.8. The van der Waals surface area contributed by atoms with E-state index in [2.05, 4.69) is 0 Å². The van der Waals surface area contributed by atoms with Crippen molar-refractivity contribution in [2.45, 2.75) is 25.7 Å². The second-order valence-corrected chi connectivity index (χ2v) is 6.35. The van der Waals surface area contributed by atoms with E-state index in [1.54, 1.807) is 0 Å². The third-order valence-electron chi connectivity index (χ3n) is 4.61. The number of hydrogen-bond acceptors (Lipinski definition) is 2. The molecule has 2 aliphatic heterocycles. The Balaban J connectivity index is 0.000000173. The first-order valence-electron chi connectivity index (χ1n) is 8.78. The van der Waals surface area contributed by atoms with Crippen LogP contribution in [0.25, 0.3) is 0 Å². The largest absolute Gasteiger partial charge is 2.00 e. The summed E-state index contributed by atoms with van der Waals surface area (Å²) in [6.45, 7) is 3.74. The van der Waals surface area contributed by atoms with Gasteiger partial charge in [-0.1, -0.05) is 0 Å². The summed E-state index contributed by atoms with van der Waals surface area (Å²) < 4.78 is 0. The van der Waals surface area contributed by atoms with Crippen molar-refractivity contribution in [2.24, 2.45) is 0 Å². The molecule has 0 spiro atoms. The van der Waals surface area contributed by atoms with Crippen molar-refractivity contribution in [1.82, 2.24) is 9.80 Å². The molecule has 4 fully saturated rings. The van der Waals surface area contributed by atoms with Crippen molar-refractivity contribution < 1.29 is 26.7 Å². The Morgan fingerprint density at radius 2 is 0.880 bits per heavy atom. The van der Waals surface area contributed by atoms with Crippen molar-refractivity contribution in [2.75, 3.05) is 26.2 Å². The number of carbonyl (C=O) groups excluding carboxylic acids is 2. The SMILES string of the molecule is O=C([C]1[CH][CH][CH][CH]1)N1CCCC1.O=C([C]1[CH][CH][CH][CH]1)N1CCCC1.[Fe+2]. The Labute approximate surface area is 163 Å². The fraction of sp³-hybridized carbons (Fsp3) is 0.400. The molecule has 2 saturated heterocycles. The van der Waals surface area contributed by atoms with Gasteiger partial charge in [-0.25, -0.2) is 0 Å². The minimum atomic E-state index is 0. The number of nitrogens with zero attached hydrogens (tertiary/aromatic N) is 2. The third kappa shape index (κ3) is 5.72. The number of likely N-dealkylation sites (tertiary alicyclic amines) is 2. The molecule has 2 heterocycles. The van der Waals surface area contributed by atoms with Gasteiger partial charge in [-0.05, 0) is 77.0 Å². The molecule has 0 aromatic rings. The van der Waals surface area contributed by atoms with Crippen LogP contribution in [0.3, 0.4) is 0 Å². The first kappa shape index (κ1) is 20.8. The summed E-state index contributed by atoms with van der Waals surface area (Å²) in [5.74, 6) is 2.05. The van der Waals surface area contributed by atoms with Gasteiger partial charge in [0.15, 0.2) is 0 Å². The van der Waals surface area contributed by atoms with Crippen LogP contribution in [0.5, 0.6) is 0 Å². The van der Waals surface area contributed by atoms with E-state index in [0.717, 1.165) is 63.7 Å². The quantitative estimate of drug-likeness (QED) is 0.688. The maximum atomic E-state index is 11.6. The molecular formula is C20H24FeN2O2+2. The number of carbonyl (C=O) groups is 2. The van der Waals surface area contributed by atoms with Crippen LogP contribution in [-0.2, 0) is 26.7 Å². The monoisotopic (exact) mass is 380 g/mol. The van der Waals surface area contributed by atoms with E-state index in [4.69, 9.17) is 0 Å². The van der Waals surface area contributed by atoms with Crippen molar-refractivity contribution >= 4 is 11.8 Å². The molecule has 25 heavy (non-hydrogen) atoms. The van der Waals surface area contributed by atoms with Gasteiger partial charge in [0, 0.05) is 26.2 Å². The first-order chi connectivity index (χ1) is 11.8. The van der Waals surface area contributed by atoms with Crippen LogP contribution in [0, 0.1) is 63.2 Å². The summed E-state index contributed by atoms with van der Waals surface area (Å²) in [6, 6.07) is 0. The van der Waals surface area contributed by atoms with Gasteiger partial charge in [0.1, 0.15) is 0 Å². The van der Waals surface area contributed by atoms with Gasteiger partial charge in [-0.3, -0.25) is 9.59 Å². The van der Waals surface area contributed by atoms with Crippen molar-refractivity contribution in [3.63, 3.8) is 0 Å². The van der Waals surface area contributed by atoms with Crippen LogP contribution in [0.4, 0.5) is 0 Å². The molecule has 0 bridgehead atoms. The number of rotatable bonds is 2. The molecule has 2 amide bonds. The predicted octanol–water partition coefficient (Wildman–Crippen LogP) is 2.03. The van der Waals surface area contributed by atoms with Gasteiger partial charge in [0.25, 0.3) is 0 Å². The van der Waals surface area contributed by atoms with Crippen LogP contribution in [0.1, 0.15) is 25.7 Å². The first-order valence-corrected chi connectivity index (χ1v) is 8.78. The topological polar surface area (TPSA) is 40.6 Å². The third-order valence-corrected chi connectivity index (χ3v) is 4.61. The van der Waals surface area contributed by atoms with Gasteiger partial charge >= 0.3 is 17.1 Å². The van der Waals surface area contributed by atoms with Crippen LogP contribution in [-0.4, -0.2) is 47.8 Å². The van der Waals surface area contributed by atoms with E-state index >= 15 is 0 Å². The van der Waals surface area contributed by atoms with Crippen molar-refractivity contribution in [3.05, 3.63) is 63.2 Å². The molecule has 0 atom stereocenters. The summed E-state index contributed by atoms with van der Waals surface area (Å²) in [7, 11) is 0. The molecule has 0 aromatic carbocycles. The van der Waals surface area contributed by atoms with Crippen LogP contribution < -0.4 is 0 Å². The standard InChI is InChI=1S/2C10H12NO.Fe/c2*12-10(9-5-1-2-6-9)11-7-3-4-8-11;/h2*1-2,5-6H,3-4,7-8H2;/q;;+2. The molecule has 4 nitrogen and oxygen atoms in total. The van der Waals surface area contributed by atoms with E-state index in [1.807, 2.05) is 61.2 Å². The second kappa shape index (κ2) is 10.6. The predicted molar refractivity (Wildman–Crippen MR) is 92.5 cm³/mol. The zero-order valence-corrected chi connectivity index (χ0v) is 15.4. The van der Waals surface area contributed by atoms with Crippen molar-refractivity contribution in [3.8, 4) is 0 Å². The van der Waals surface area contributed by atoms with Gasteiger partial charge < -0.3 is 9.80 Å². The van der Waals surface area contributed by atoms with E-state index < -0.39 is 0 Å². The molecule has 2 saturated carbocycles. The maximum Gasteiger partial charge on any atom is 2.00 e. The Kier molecular flexibility index (Phi) is 8.78. The van der Waals surface area contributed by atoms with Crippen molar-refractivity contribution in [1.29, 1.82) is 0 Å².